The van der Waals surface area contributed by atoms with E-state index >= 15 is 0 Å². The summed E-state index contributed by atoms with van der Waals surface area (Å²) in [6.45, 7) is 3.30. The second-order valence-electron chi connectivity index (χ2n) is 5.10. The van der Waals surface area contributed by atoms with Crippen molar-refractivity contribution >= 4 is 0 Å². The molecule has 0 bridgehead atoms. The third-order valence-electron chi connectivity index (χ3n) is 3.54. The fraction of sp³-hybridized carbons (Fsp3) is 0.357. The molecule has 1 fully saturated rings. The van der Waals surface area contributed by atoms with Crippen molar-refractivity contribution in [1.82, 2.24) is 20.3 Å². The first kappa shape index (κ1) is 12.3. The number of nitrogens with one attached hydrogen (secondary N) is 1. The van der Waals surface area contributed by atoms with Gasteiger partial charge in [0.05, 0.1) is 6.61 Å². The minimum atomic E-state index is 0.220. The molecule has 7 heteroatoms. The van der Waals surface area contributed by atoms with E-state index in [-0.39, 0.29) is 5.92 Å². The van der Waals surface area contributed by atoms with Crippen LogP contribution in [0.4, 0.5) is 0 Å². The molecule has 0 amide bonds. The Bertz CT molecular complexity index is 752. The van der Waals surface area contributed by atoms with Crippen LogP contribution in [0, 0.1) is 6.92 Å². The summed E-state index contributed by atoms with van der Waals surface area (Å²) in [6.07, 6.45) is 0.929. The molecule has 0 spiro atoms. The third kappa shape index (κ3) is 2.25. The number of ether oxygens (including phenoxy) is 1. The average Bonchev–Trinajstić information content (AvgIpc) is 3.25. The van der Waals surface area contributed by atoms with Crippen LogP contribution in [0.5, 0.6) is 0 Å². The smallest absolute Gasteiger partial charge is 0.275 e. The minimum Gasteiger partial charge on any atom is -0.460 e. The Morgan fingerprint density at radius 2 is 2.29 bits per heavy atom. The minimum absolute atomic E-state index is 0.220. The summed E-state index contributed by atoms with van der Waals surface area (Å²) in [5.41, 5.74) is 1.39. The van der Waals surface area contributed by atoms with Crippen molar-refractivity contribution in [3.05, 3.63) is 29.8 Å². The molecule has 0 saturated carbocycles. The normalized spacial score (nSPS) is 18.4. The molecule has 3 aromatic heterocycles. The van der Waals surface area contributed by atoms with Gasteiger partial charge in [0.2, 0.25) is 0 Å². The van der Waals surface area contributed by atoms with Crippen molar-refractivity contribution in [2.45, 2.75) is 19.3 Å². The monoisotopic (exact) mass is 286 g/mol. The molecule has 0 radical (unpaired) electrons. The van der Waals surface area contributed by atoms with E-state index in [1.165, 1.54) is 0 Å². The lowest BCUT2D eigenvalue weighted by Gasteiger charge is -1.97. The first-order chi connectivity index (χ1) is 10.3. The fourth-order valence-corrected chi connectivity index (χ4v) is 2.38. The van der Waals surface area contributed by atoms with Gasteiger partial charge >= 0.3 is 0 Å². The lowest BCUT2D eigenvalue weighted by Crippen LogP contribution is -1.99. The molecular formula is C14H14N4O3. The summed E-state index contributed by atoms with van der Waals surface area (Å²) < 4.78 is 16.2. The van der Waals surface area contributed by atoms with Gasteiger partial charge in [-0.1, -0.05) is 5.16 Å². The molecule has 0 aromatic carbocycles. The highest BCUT2D eigenvalue weighted by Gasteiger charge is 2.24. The van der Waals surface area contributed by atoms with Gasteiger partial charge < -0.3 is 13.7 Å². The molecule has 4 rings (SSSR count). The Kier molecular flexibility index (Phi) is 2.85. The number of H-pyrrole nitrogens is 1. The molecule has 1 saturated heterocycles. The van der Waals surface area contributed by atoms with Crippen LogP contribution >= 0.6 is 0 Å². The largest absolute Gasteiger partial charge is 0.460 e. The Morgan fingerprint density at radius 1 is 1.33 bits per heavy atom. The predicted molar refractivity (Wildman–Crippen MR) is 72.5 cm³/mol. The Labute approximate surface area is 120 Å². The molecule has 7 nitrogen and oxygen atoms in total. The summed E-state index contributed by atoms with van der Waals surface area (Å²) in [5, 5.41) is 11.1. The SMILES string of the molecule is Cc1ccc(-c2cc(-c3nc([C@H]4CCOC4)no3)[nH]n2)o1. The molecule has 3 aromatic rings. The topological polar surface area (TPSA) is 90.0 Å². The number of furan rings is 1. The van der Waals surface area contributed by atoms with E-state index in [0.717, 1.165) is 18.8 Å². The summed E-state index contributed by atoms with van der Waals surface area (Å²) in [7, 11) is 0. The highest BCUT2D eigenvalue weighted by Crippen LogP contribution is 2.27. The number of hydrogen-bond donors (Lipinski definition) is 1. The molecular weight excluding hydrogens is 272 g/mol. The molecule has 1 N–H and O–H groups in total. The number of hydrogen-bond acceptors (Lipinski definition) is 6. The number of aryl methyl sites for hydroxylation is 1. The van der Waals surface area contributed by atoms with Gasteiger partial charge in [0, 0.05) is 18.6 Å². The maximum Gasteiger partial charge on any atom is 0.275 e. The van der Waals surface area contributed by atoms with Gasteiger partial charge in [-0.25, -0.2) is 0 Å². The zero-order valence-corrected chi connectivity index (χ0v) is 11.5. The molecule has 0 unspecified atom stereocenters. The number of rotatable bonds is 3. The van der Waals surface area contributed by atoms with Crippen molar-refractivity contribution in [2.75, 3.05) is 13.2 Å². The highest BCUT2D eigenvalue weighted by atomic mass is 16.5. The maximum atomic E-state index is 5.54. The summed E-state index contributed by atoms with van der Waals surface area (Å²) in [6, 6.07) is 5.61. The van der Waals surface area contributed by atoms with Crippen LogP contribution in [0.2, 0.25) is 0 Å². The van der Waals surface area contributed by atoms with E-state index < -0.39 is 0 Å². The Morgan fingerprint density at radius 3 is 3.05 bits per heavy atom. The Hall–Kier alpha value is -2.41. The van der Waals surface area contributed by atoms with Crippen molar-refractivity contribution in [3.63, 3.8) is 0 Å². The van der Waals surface area contributed by atoms with E-state index in [1.54, 1.807) is 0 Å². The second-order valence-corrected chi connectivity index (χ2v) is 5.10. The van der Waals surface area contributed by atoms with Crippen LogP contribution in [-0.2, 0) is 4.74 Å². The summed E-state index contributed by atoms with van der Waals surface area (Å²) >= 11 is 0. The average molecular weight is 286 g/mol. The van der Waals surface area contributed by atoms with Gasteiger partial charge in [0.25, 0.3) is 5.89 Å². The van der Waals surface area contributed by atoms with Crippen molar-refractivity contribution < 1.29 is 13.7 Å². The summed E-state index contributed by atoms with van der Waals surface area (Å²) in [4.78, 5) is 4.42. The zero-order chi connectivity index (χ0) is 14.2. The number of aromatic amines is 1. The van der Waals surface area contributed by atoms with Gasteiger partial charge in [-0.15, -0.1) is 0 Å². The third-order valence-corrected chi connectivity index (χ3v) is 3.54. The van der Waals surface area contributed by atoms with Gasteiger partial charge in [0.15, 0.2) is 11.6 Å². The Balaban J connectivity index is 1.60. The quantitative estimate of drug-likeness (QED) is 0.795. The molecule has 21 heavy (non-hydrogen) atoms. The second kappa shape index (κ2) is 4.85. The van der Waals surface area contributed by atoms with Crippen LogP contribution < -0.4 is 0 Å². The molecule has 1 aliphatic heterocycles. The zero-order valence-electron chi connectivity index (χ0n) is 11.5. The molecule has 4 heterocycles. The van der Waals surface area contributed by atoms with Gasteiger partial charge in [-0.2, -0.15) is 10.1 Å². The van der Waals surface area contributed by atoms with Crippen LogP contribution in [0.25, 0.3) is 23.0 Å². The number of nitrogens with zero attached hydrogens (tertiary/aromatic N) is 3. The van der Waals surface area contributed by atoms with E-state index in [2.05, 4.69) is 20.3 Å². The van der Waals surface area contributed by atoms with E-state index in [9.17, 15) is 0 Å². The van der Waals surface area contributed by atoms with Crippen molar-refractivity contribution in [1.29, 1.82) is 0 Å². The van der Waals surface area contributed by atoms with E-state index in [0.29, 0.717) is 35.5 Å². The number of aromatic nitrogens is 4. The maximum absolute atomic E-state index is 5.54. The van der Waals surface area contributed by atoms with Crippen molar-refractivity contribution in [3.8, 4) is 23.0 Å². The molecule has 0 aliphatic carbocycles. The van der Waals surface area contributed by atoms with Gasteiger partial charge in [-0.05, 0) is 25.5 Å². The first-order valence-corrected chi connectivity index (χ1v) is 6.83. The van der Waals surface area contributed by atoms with Crippen molar-refractivity contribution in [2.24, 2.45) is 0 Å². The first-order valence-electron chi connectivity index (χ1n) is 6.83. The molecule has 1 aliphatic rings. The summed E-state index contributed by atoms with van der Waals surface area (Å²) in [5.74, 6) is 2.89. The lowest BCUT2D eigenvalue weighted by molar-refractivity contribution is 0.192. The molecule has 1 atom stereocenters. The van der Waals surface area contributed by atoms with Gasteiger partial charge in [0.1, 0.15) is 17.1 Å². The van der Waals surface area contributed by atoms with E-state index in [1.807, 2.05) is 25.1 Å². The van der Waals surface area contributed by atoms with Crippen LogP contribution in [0.15, 0.2) is 27.1 Å². The van der Waals surface area contributed by atoms with Crippen LogP contribution in [0.1, 0.15) is 23.9 Å². The highest BCUT2D eigenvalue weighted by molar-refractivity contribution is 5.60. The van der Waals surface area contributed by atoms with Gasteiger partial charge in [-0.3, -0.25) is 5.10 Å². The van der Waals surface area contributed by atoms with Crippen LogP contribution in [0.3, 0.4) is 0 Å². The van der Waals surface area contributed by atoms with Crippen LogP contribution in [-0.4, -0.2) is 33.6 Å². The standard InChI is InChI=1S/C14H14N4O3/c1-8-2-3-12(20-8)10-6-11(17-16-10)14-15-13(18-21-14)9-4-5-19-7-9/h2-3,6,9H,4-5,7H2,1H3,(H,16,17)/t9-/m0/s1. The predicted octanol–water partition coefficient (Wildman–Crippen LogP) is 2.53. The lowest BCUT2D eigenvalue weighted by atomic mass is 10.1. The fourth-order valence-electron chi connectivity index (χ4n) is 2.38. The van der Waals surface area contributed by atoms with E-state index in [4.69, 9.17) is 13.7 Å². The molecule has 108 valence electrons.